The lowest BCUT2D eigenvalue weighted by Gasteiger charge is -2.33. The molecule has 3 nitrogen and oxygen atoms in total. The molecule has 2 heterocycles. The molecule has 0 saturated carbocycles. The third-order valence-corrected chi connectivity index (χ3v) is 14.6. The second kappa shape index (κ2) is 13.9. The van der Waals surface area contributed by atoms with Crippen molar-refractivity contribution in [1.82, 2.24) is 9.88 Å². The SMILES string of the molecule is C/C=C\C=C/C[Si](c1ccccc1)(c1ccccc1)c1cccc(C2=CCNC(n3c4ccccc4c4ccc(-c5ccccc5)cc43)=N2)c1. The zero-order valence-corrected chi connectivity index (χ0v) is 29.2. The van der Waals surface area contributed by atoms with Crippen LogP contribution in [0.1, 0.15) is 12.5 Å². The van der Waals surface area contributed by atoms with Crippen LogP contribution in [0.4, 0.5) is 0 Å². The summed E-state index contributed by atoms with van der Waals surface area (Å²) in [7, 11) is -2.47. The fourth-order valence-corrected chi connectivity index (χ4v) is 11.9. The van der Waals surface area contributed by atoms with Crippen LogP contribution in [0.5, 0.6) is 0 Å². The number of rotatable bonds is 8. The highest BCUT2D eigenvalue weighted by Crippen LogP contribution is 2.33. The van der Waals surface area contributed by atoms with E-state index in [0.29, 0.717) is 6.54 Å². The van der Waals surface area contributed by atoms with Gasteiger partial charge in [0.25, 0.3) is 0 Å². The number of nitrogens with one attached hydrogen (secondary N) is 1. The van der Waals surface area contributed by atoms with Gasteiger partial charge in [-0.1, -0.05) is 170 Å². The maximum absolute atomic E-state index is 5.37. The predicted molar refractivity (Wildman–Crippen MR) is 216 cm³/mol. The van der Waals surface area contributed by atoms with Crippen molar-refractivity contribution in [1.29, 1.82) is 0 Å². The third kappa shape index (κ3) is 5.74. The molecule has 0 saturated heterocycles. The Kier molecular flexibility index (Phi) is 8.68. The van der Waals surface area contributed by atoms with Crippen molar-refractivity contribution in [3.05, 3.63) is 194 Å². The minimum absolute atomic E-state index is 0.691. The van der Waals surface area contributed by atoms with E-state index in [1.54, 1.807) is 0 Å². The molecule has 0 bridgehead atoms. The monoisotopic (exact) mass is 661 g/mol. The van der Waals surface area contributed by atoms with Gasteiger partial charge < -0.3 is 5.32 Å². The number of benzene rings is 6. The van der Waals surface area contributed by atoms with Gasteiger partial charge in [-0.25, -0.2) is 4.99 Å². The van der Waals surface area contributed by atoms with Gasteiger partial charge in [-0.3, -0.25) is 4.57 Å². The smallest absolute Gasteiger partial charge is 0.208 e. The van der Waals surface area contributed by atoms with Gasteiger partial charge in [0.1, 0.15) is 0 Å². The van der Waals surface area contributed by atoms with Gasteiger partial charge in [0.05, 0.1) is 16.7 Å². The van der Waals surface area contributed by atoms with E-state index < -0.39 is 8.07 Å². The van der Waals surface area contributed by atoms with E-state index in [2.05, 4.69) is 205 Å². The number of fused-ring (bicyclic) bond motifs is 3. The summed E-state index contributed by atoms with van der Waals surface area (Å²) < 4.78 is 2.30. The molecule has 1 aromatic heterocycles. The molecule has 0 fully saturated rings. The van der Waals surface area contributed by atoms with Crippen LogP contribution < -0.4 is 20.9 Å². The molecule has 6 aromatic carbocycles. The van der Waals surface area contributed by atoms with Crippen molar-refractivity contribution < 1.29 is 0 Å². The Labute approximate surface area is 295 Å². The quantitative estimate of drug-likeness (QED) is 0.0984. The lowest BCUT2D eigenvalue weighted by atomic mass is 10.0. The van der Waals surface area contributed by atoms with Crippen LogP contribution in [0.3, 0.4) is 0 Å². The van der Waals surface area contributed by atoms with Crippen LogP contribution in [0, 0.1) is 0 Å². The molecule has 0 amide bonds. The van der Waals surface area contributed by atoms with Crippen LogP contribution in [0.2, 0.25) is 6.04 Å². The molecule has 0 spiro atoms. The fraction of sp³-hybridized carbons (Fsp3) is 0.0652. The highest BCUT2D eigenvalue weighted by atomic mass is 28.3. The van der Waals surface area contributed by atoms with E-state index in [4.69, 9.17) is 4.99 Å². The molecular formula is C46H39N3Si. The summed E-state index contributed by atoms with van der Waals surface area (Å²) in [6.45, 7) is 2.76. The zero-order valence-electron chi connectivity index (χ0n) is 28.2. The first-order chi connectivity index (χ1) is 24.8. The van der Waals surface area contributed by atoms with Crippen LogP contribution >= 0.6 is 0 Å². The first-order valence-corrected chi connectivity index (χ1v) is 19.6. The number of allylic oxidation sites excluding steroid dienone is 4. The van der Waals surface area contributed by atoms with Gasteiger partial charge in [0, 0.05) is 17.3 Å². The molecule has 242 valence electrons. The molecule has 1 aliphatic rings. The highest BCUT2D eigenvalue weighted by molar-refractivity contribution is 7.11. The first kappa shape index (κ1) is 31.3. The Balaban J connectivity index is 1.27. The molecule has 0 atom stereocenters. The summed E-state index contributed by atoms with van der Waals surface area (Å²) >= 11 is 0. The molecule has 0 aliphatic carbocycles. The van der Waals surface area contributed by atoms with Crippen molar-refractivity contribution in [2.45, 2.75) is 13.0 Å². The van der Waals surface area contributed by atoms with Gasteiger partial charge in [-0.2, -0.15) is 0 Å². The van der Waals surface area contributed by atoms with Crippen LogP contribution in [-0.2, 0) is 0 Å². The molecular weight excluding hydrogens is 623 g/mol. The van der Waals surface area contributed by atoms with Gasteiger partial charge in [-0.05, 0) is 63.4 Å². The Bertz CT molecular complexity index is 2360. The van der Waals surface area contributed by atoms with Crippen molar-refractivity contribution in [2.24, 2.45) is 4.99 Å². The molecule has 50 heavy (non-hydrogen) atoms. The normalized spacial score (nSPS) is 13.5. The van der Waals surface area contributed by atoms with Gasteiger partial charge in [0.15, 0.2) is 8.07 Å². The van der Waals surface area contributed by atoms with Crippen molar-refractivity contribution in [2.75, 3.05) is 6.54 Å². The van der Waals surface area contributed by atoms with Crippen molar-refractivity contribution in [3.63, 3.8) is 0 Å². The number of nitrogens with zero attached hydrogens (tertiary/aromatic N) is 2. The second-order valence-electron chi connectivity index (χ2n) is 12.7. The number of aliphatic imine (C=N–C) groups is 1. The van der Waals surface area contributed by atoms with E-state index in [-0.39, 0.29) is 0 Å². The summed E-state index contributed by atoms with van der Waals surface area (Å²) in [6, 6.07) is 58.4. The minimum Gasteiger partial charge on any atom is -0.352 e. The number of para-hydroxylation sites is 1. The fourth-order valence-electron chi connectivity index (χ4n) is 7.44. The van der Waals surface area contributed by atoms with Crippen molar-refractivity contribution >= 4 is 57.1 Å². The summed E-state index contributed by atoms with van der Waals surface area (Å²) in [5.41, 5.74) is 6.79. The second-order valence-corrected chi connectivity index (χ2v) is 16.7. The molecule has 4 heteroatoms. The standard InChI is InChI=1S/C46H39N3Si/c1-2-3-4-16-32-50(38-21-10-6-11-22-38,39-23-12-7-13-24-39)40-25-17-20-37(33-40)43-30-31-47-46(48-43)49-44-27-15-14-26-41(44)42-29-28-36(34-45(42)49)35-18-8-5-9-19-35/h2-30,33-34H,31-32H2,1H3,(H,47,48)/b3-2-,16-4-. The van der Waals surface area contributed by atoms with Gasteiger partial charge >= 0.3 is 0 Å². The first-order valence-electron chi connectivity index (χ1n) is 17.4. The molecule has 0 radical (unpaired) electrons. The summed E-state index contributed by atoms with van der Waals surface area (Å²) in [5.74, 6) is 0.841. The number of hydrogen-bond acceptors (Lipinski definition) is 2. The molecule has 0 unspecified atom stereocenters. The van der Waals surface area contributed by atoms with Crippen LogP contribution in [0.15, 0.2) is 193 Å². The molecule has 1 N–H and O–H groups in total. The largest absolute Gasteiger partial charge is 0.352 e. The average Bonchev–Trinajstić information content (AvgIpc) is 3.53. The third-order valence-electron chi connectivity index (χ3n) is 9.82. The van der Waals surface area contributed by atoms with E-state index in [0.717, 1.165) is 34.3 Å². The van der Waals surface area contributed by atoms with Gasteiger partial charge in [0.2, 0.25) is 5.96 Å². The van der Waals surface area contributed by atoms with Crippen molar-refractivity contribution in [3.8, 4) is 11.1 Å². The maximum atomic E-state index is 5.37. The number of hydrogen-bond donors (Lipinski definition) is 1. The van der Waals surface area contributed by atoms with E-state index in [1.165, 1.54) is 37.5 Å². The van der Waals surface area contributed by atoms with E-state index in [1.807, 2.05) is 0 Å². The van der Waals surface area contributed by atoms with E-state index in [9.17, 15) is 0 Å². The Morgan fingerprint density at radius 3 is 1.98 bits per heavy atom. The molecule has 7 aromatic rings. The maximum Gasteiger partial charge on any atom is 0.208 e. The predicted octanol–water partition coefficient (Wildman–Crippen LogP) is 8.91. The van der Waals surface area contributed by atoms with Crippen LogP contribution in [0.25, 0.3) is 38.6 Å². The van der Waals surface area contributed by atoms with Crippen LogP contribution in [-0.4, -0.2) is 25.1 Å². The Hall–Kier alpha value is -5.97. The summed E-state index contributed by atoms with van der Waals surface area (Å²) in [4.78, 5) is 5.37. The van der Waals surface area contributed by atoms with Gasteiger partial charge in [-0.15, -0.1) is 0 Å². The zero-order chi connectivity index (χ0) is 33.8. The minimum atomic E-state index is -2.47. The highest BCUT2D eigenvalue weighted by Gasteiger charge is 2.38. The molecule has 1 aliphatic heterocycles. The topological polar surface area (TPSA) is 29.3 Å². The average molecular weight is 662 g/mol. The Morgan fingerprint density at radius 2 is 1.24 bits per heavy atom. The lowest BCUT2D eigenvalue weighted by Crippen LogP contribution is -2.66. The Morgan fingerprint density at radius 1 is 0.600 bits per heavy atom. The lowest BCUT2D eigenvalue weighted by molar-refractivity contribution is 0.961. The van der Waals surface area contributed by atoms with E-state index >= 15 is 0 Å². The molecule has 8 rings (SSSR count). The number of aromatic nitrogens is 1. The summed E-state index contributed by atoms with van der Waals surface area (Å²) in [6.07, 6.45) is 11.0. The summed E-state index contributed by atoms with van der Waals surface area (Å²) in [5, 5.41) is 10.2.